The number of nitrogens with zero attached hydrogens (tertiary/aromatic N) is 2. The van der Waals surface area contributed by atoms with Gasteiger partial charge in [-0.2, -0.15) is 5.10 Å². The molecule has 7 heteroatoms. The molecule has 0 spiro atoms. The molecule has 5 nitrogen and oxygen atoms in total. The van der Waals surface area contributed by atoms with Crippen molar-refractivity contribution in [1.29, 1.82) is 0 Å². The van der Waals surface area contributed by atoms with E-state index in [9.17, 15) is 4.79 Å². The van der Waals surface area contributed by atoms with Crippen LogP contribution in [0.1, 0.15) is 41.5 Å². The number of benzene rings is 1. The SMILES string of the molecule is Cc1ccc2nc(NC(=O)c3n[nH]c(C(C)C)c3Br)sc2c1. The molecule has 22 heavy (non-hydrogen) atoms. The lowest BCUT2D eigenvalue weighted by molar-refractivity contribution is 0.102. The number of carbonyl (C=O) groups excluding carboxylic acids is 1. The minimum absolute atomic E-state index is 0.258. The van der Waals surface area contributed by atoms with E-state index in [4.69, 9.17) is 0 Å². The number of aromatic amines is 1. The van der Waals surface area contributed by atoms with Crippen molar-refractivity contribution in [3.63, 3.8) is 0 Å². The van der Waals surface area contributed by atoms with Crippen molar-refractivity contribution < 1.29 is 4.79 Å². The summed E-state index contributed by atoms with van der Waals surface area (Å²) in [5.74, 6) is -0.0142. The Morgan fingerprint density at radius 3 is 2.86 bits per heavy atom. The van der Waals surface area contributed by atoms with Crippen LogP contribution in [-0.4, -0.2) is 21.1 Å². The fraction of sp³-hybridized carbons (Fsp3) is 0.267. The number of anilines is 1. The summed E-state index contributed by atoms with van der Waals surface area (Å²) in [6.45, 7) is 6.11. The van der Waals surface area contributed by atoms with E-state index >= 15 is 0 Å². The largest absolute Gasteiger partial charge is 0.296 e. The van der Waals surface area contributed by atoms with Crippen LogP contribution in [0, 0.1) is 6.92 Å². The summed E-state index contributed by atoms with van der Waals surface area (Å²) in [6, 6.07) is 6.02. The molecule has 3 aromatic rings. The fourth-order valence-corrected chi connectivity index (χ4v) is 3.89. The standard InChI is InChI=1S/C15H15BrN4OS/c1-7(2)12-11(16)13(20-19-12)14(21)18-15-17-9-5-4-8(3)6-10(9)22-15/h4-7H,1-3H3,(H,19,20)(H,17,18,21). The molecule has 0 aliphatic carbocycles. The van der Waals surface area contributed by atoms with Crippen LogP contribution in [0.15, 0.2) is 22.7 Å². The van der Waals surface area contributed by atoms with Crippen LogP contribution in [0.4, 0.5) is 5.13 Å². The van der Waals surface area contributed by atoms with Crippen molar-refractivity contribution in [2.45, 2.75) is 26.7 Å². The van der Waals surface area contributed by atoms with Gasteiger partial charge >= 0.3 is 0 Å². The third kappa shape index (κ3) is 2.78. The second-order valence-corrected chi connectivity index (χ2v) is 7.22. The Balaban J connectivity index is 1.86. The first-order valence-electron chi connectivity index (χ1n) is 6.88. The van der Waals surface area contributed by atoms with Gasteiger partial charge in [0.15, 0.2) is 10.8 Å². The number of nitrogens with one attached hydrogen (secondary N) is 2. The summed E-state index contributed by atoms with van der Waals surface area (Å²) < 4.78 is 1.76. The lowest BCUT2D eigenvalue weighted by atomic mass is 10.1. The molecule has 0 fully saturated rings. The van der Waals surface area contributed by atoms with E-state index in [0.717, 1.165) is 15.9 Å². The van der Waals surface area contributed by atoms with Gasteiger partial charge in [-0.05, 0) is 46.5 Å². The van der Waals surface area contributed by atoms with Crippen LogP contribution in [0.5, 0.6) is 0 Å². The van der Waals surface area contributed by atoms with E-state index in [0.29, 0.717) is 15.3 Å². The van der Waals surface area contributed by atoms with Crippen LogP contribution in [0.3, 0.4) is 0 Å². The van der Waals surface area contributed by atoms with Gasteiger partial charge in [-0.1, -0.05) is 31.3 Å². The molecular formula is C15H15BrN4OS. The summed E-state index contributed by atoms with van der Waals surface area (Å²) in [4.78, 5) is 16.8. The van der Waals surface area contributed by atoms with E-state index in [1.807, 2.05) is 32.9 Å². The lowest BCUT2D eigenvalue weighted by Gasteiger charge is -2.01. The monoisotopic (exact) mass is 378 g/mol. The quantitative estimate of drug-likeness (QED) is 0.706. The van der Waals surface area contributed by atoms with E-state index in [1.165, 1.54) is 16.9 Å². The van der Waals surface area contributed by atoms with E-state index in [2.05, 4.69) is 42.5 Å². The topological polar surface area (TPSA) is 70.7 Å². The Labute approximate surface area is 140 Å². The summed E-state index contributed by atoms with van der Waals surface area (Å²) in [5, 5.41) is 10.4. The summed E-state index contributed by atoms with van der Waals surface area (Å²) >= 11 is 4.90. The highest BCUT2D eigenvalue weighted by Crippen LogP contribution is 2.29. The number of aryl methyl sites for hydroxylation is 1. The number of aromatic nitrogens is 3. The predicted molar refractivity (Wildman–Crippen MR) is 92.7 cm³/mol. The molecule has 1 amide bonds. The highest BCUT2D eigenvalue weighted by molar-refractivity contribution is 9.10. The van der Waals surface area contributed by atoms with Crippen molar-refractivity contribution in [1.82, 2.24) is 15.2 Å². The van der Waals surface area contributed by atoms with Gasteiger partial charge in [0, 0.05) is 0 Å². The number of amides is 1. The van der Waals surface area contributed by atoms with Crippen molar-refractivity contribution in [2.75, 3.05) is 5.32 Å². The number of rotatable bonds is 3. The number of H-pyrrole nitrogens is 1. The molecule has 0 aliphatic rings. The zero-order valence-corrected chi connectivity index (χ0v) is 14.8. The number of hydrogen-bond donors (Lipinski definition) is 2. The molecule has 3 rings (SSSR count). The van der Waals surface area contributed by atoms with E-state index in [1.54, 1.807) is 0 Å². The second-order valence-electron chi connectivity index (χ2n) is 5.40. The van der Waals surface area contributed by atoms with Gasteiger partial charge in [-0.25, -0.2) is 4.98 Å². The zero-order chi connectivity index (χ0) is 15.9. The Kier molecular flexibility index (Phi) is 4.01. The molecular weight excluding hydrogens is 364 g/mol. The molecule has 1 aromatic carbocycles. The highest BCUT2D eigenvalue weighted by atomic mass is 79.9. The average molecular weight is 379 g/mol. The molecule has 114 valence electrons. The molecule has 2 N–H and O–H groups in total. The Bertz CT molecular complexity index is 852. The number of halogens is 1. The Morgan fingerprint density at radius 1 is 1.41 bits per heavy atom. The third-order valence-corrected chi connectivity index (χ3v) is 5.03. The van der Waals surface area contributed by atoms with Gasteiger partial charge in [0.2, 0.25) is 0 Å². The fourth-order valence-electron chi connectivity index (χ4n) is 2.12. The zero-order valence-electron chi connectivity index (χ0n) is 12.4. The van der Waals surface area contributed by atoms with Crippen molar-refractivity contribution in [3.8, 4) is 0 Å². The highest BCUT2D eigenvalue weighted by Gasteiger charge is 2.20. The van der Waals surface area contributed by atoms with Crippen LogP contribution in [0.2, 0.25) is 0 Å². The number of hydrogen-bond acceptors (Lipinski definition) is 4. The minimum atomic E-state index is -0.272. The Hall–Kier alpha value is -1.73. The van der Waals surface area contributed by atoms with E-state index in [-0.39, 0.29) is 11.8 Å². The normalized spacial score (nSPS) is 11.3. The van der Waals surface area contributed by atoms with Gasteiger partial charge in [-0.3, -0.25) is 15.2 Å². The molecule has 0 saturated carbocycles. The van der Waals surface area contributed by atoms with Gasteiger partial charge in [0.25, 0.3) is 5.91 Å². The van der Waals surface area contributed by atoms with Crippen LogP contribution >= 0.6 is 27.3 Å². The third-order valence-electron chi connectivity index (χ3n) is 3.29. The van der Waals surface area contributed by atoms with Gasteiger partial charge < -0.3 is 0 Å². The molecule has 2 aromatic heterocycles. The smallest absolute Gasteiger partial charge is 0.279 e. The van der Waals surface area contributed by atoms with Gasteiger partial charge in [-0.15, -0.1) is 0 Å². The summed E-state index contributed by atoms with van der Waals surface area (Å²) in [7, 11) is 0. The Morgan fingerprint density at radius 2 is 2.18 bits per heavy atom. The minimum Gasteiger partial charge on any atom is -0.296 e. The summed E-state index contributed by atoms with van der Waals surface area (Å²) in [5.41, 5.74) is 3.31. The van der Waals surface area contributed by atoms with Gasteiger partial charge in [0.05, 0.1) is 20.4 Å². The number of fused-ring (bicyclic) bond motifs is 1. The van der Waals surface area contributed by atoms with Crippen molar-refractivity contribution in [2.24, 2.45) is 0 Å². The maximum atomic E-state index is 12.4. The molecule has 0 atom stereocenters. The first kappa shape index (κ1) is 15.2. The maximum Gasteiger partial charge on any atom is 0.279 e. The maximum absolute atomic E-state index is 12.4. The average Bonchev–Trinajstić information content (AvgIpc) is 3.01. The van der Waals surface area contributed by atoms with Crippen LogP contribution in [0.25, 0.3) is 10.2 Å². The van der Waals surface area contributed by atoms with Crippen LogP contribution < -0.4 is 5.32 Å². The molecule has 0 aliphatic heterocycles. The molecule has 0 unspecified atom stereocenters. The van der Waals surface area contributed by atoms with Crippen LogP contribution in [-0.2, 0) is 0 Å². The second kappa shape index (κ2) is 5.81. The number of thiazole rings is 1. The molecule has 0 saturated heterocycles. The van der Waals surface area contributed by atoms with Crippen molar-refractivity contribution in [3.05, 3.63) is 39.6 Å². The molecule has 2 heterocycles. The molecule has 0 radical (unpaired) electrons. The lowest BCUT2D eigenvalue weighted by Crippen LogP contribution is -2.12. The van der Waals surface area contributed by atoms with Gasteiger partial charge in [0.1, 0.15) is 0 Å². The first-order chi connectivity index (χ1) is 10.5. The first-order valence-corrected chi connectivity index (χ1v) is 8.49. The predicted octanol–water partition coefficient (Wildman–Crippen LogP) is 4.47. The number of carbonyl (C=O) groups is 1. The molecule has 0 bridgehead atoms. The summed E-state index contributed by atoms with van der Waals surface area (Å²) in [6.07, 6.45) is 0. The van der Waals surface area contributed by atoms with E-state index < -0.39 is 0 Å². The van der Waals surface area contributed by atoms with Crippen molar-refractivity contribution >= 4 is 48.5 Å².